The molecule has 1 aliphatic heterocycles. The summed E-state index contributed by atoms with van der Waals surface area (Å²) in [5, 5.41) is 3.73. The molecule has 0 N–H and O–H groups in total. The second-order valence-corrected chi connectivity index (χ2v) is 9.83. The summed E-state index contributed by atoms with van der Waals surface area (Å²) in [6.07, 6.45) is 1.16. The number of amides is 1. The molecule has 2 rings (SSSR count). The van der Waals surface area contributed by atoms with Crippen LogP contribution in [0.4, 0.5) is 4.79 Å². The van der Waals surface area contributed by atoms with E-state index in [1.54, 1.807) is 25.8 Å². The second-order valence-electron chi connectivity index (χ2n) is 7.85. The van der Waals surface area contributed by atoms with Gasteiger partial charge >= 0.3 is 6.09 Å². The van der Waals surface area contributed by atoms with E-state index >= 15 is 0 Å². The predicted octanol–water partition coefficient (Wildman–Crippen LogP) is 2.56. The first-order valence-electron chi connectivity index (χ1n) is 8.79. The Morgan fingerprint density at radius 1 is 1.31 bits per heavy atom. The van der Waals surface area contributed by atoms with Crippen LogP contribution in [0.1, 0.15) is 45.1 Å². The highest BCUT2D eigenvalue weighted by Gasteiger charge is 2.32. The number of likely N-dealkylation sites (tertiary alicyclic amines) is 1. The van der Waals surface area contributed by atoms with Gasteiger partial charge in [0.2, 0.25) is 10.0 Å². The Labute approximate surface area is 155 Å². The number of nitrogens with zero attached hydrogens (tertiary/aromatic N) is 3. The molecule has 1 aromatic heterocycles. The fourth-order valence-electron chi connectivity index (χ4n) is 3.09. The maximum atomic E-state index is 12.8. The van der Waals surface area contributed by atoms with E-state index in [9.17, 15) is 13.2 Å². The maximum absolute atomic E-state index is 12.8. The fourth-order valence-corrected chi connectivity index (χ4v) is 4.61. The molecule has 0 spiro atoms. The molecule has 0 aromatic carbocycles. The third kappa shape index (κ3) is 4.76. The zero-order valence-electron chi connectivity index (χ0n) is 16.4. The van der Waals surface area contributed by atoms with Crippen LogP contribution in [0.5, 0.6) is 0 Å². The Kier molecular flexibility index (Phi) is 6.02. The van der Waals surface area contributed by atoms with Crippen LogP contribution in [0.25, 0.3) is 0 Å². The Morgan fingerprint density at radius 2 is 1.88 bits per heavy atom. The number of rotatable bonds is 4. The zero-order chi connectivity index (χ0) is 19.7. The van der Waals surface area contributed by atoms with Crippen molar-refractivity contribution < 1.29 is 22.5 Å². The van der Waals surface area contributed by atoms with E-state index < -0.39 is 15.6 Å². The van der Waals surface area contributed by atoms with Crippen molar-refractivity contribution >= 4 is 16.1 Å². The molecule has 1 amide bonds. The van der Waals surface area contributed by atoms with Gasteiger partial charge in [0.1, 0.15) is 16.2 Å². The van der Waals surface area contributed by atoms with Crippen molar-refractivity contribution in [1.29, 1.82) is 0 Å². The van der Waals surface area contributed by atoms with Crippen LogP contribution in [0.2, 0.25) is 0 Å². The summed E-state index contributed by atoms with van der Waals surface area (Å²) in [5.41, 5.74) is -0.148. The van der Waals surface area contributed by atoms with Gasteiger partial charge in [0.05, 0.1) is 0 Å². The van der Waals surface area contributed by atoms with Gasteiger partial charge < -0.3 is 14.2 Å². The molecule has 0 saturated carbocycles. The average Bonchev–Trinajstić information content (AvgIpc) is 2.85. The number of aryl methyl sites for hydroxylation is 2. The van der Waals surface area contributed by atoms with E-state index in [1.807, 2.05) is 20.8 Å². The Hall–Kier alpha value is -1.61. The quantitative estimate of drug-likeness (QED) is 0.788. The van der Waals surface area contributed by atoms with Crippen LogP contribution in [-0.4, -0.2) is 61.2 Å². The molecule has 26 heavy (non-hydrogen) atoms. The third-order valence-corrected chi connectivity index (χ3v) is 6.49. The van der Waals surface area contributed by atoms with Gasteiger partial charge in [-0.1, -0.05) is 5.16 Å². The smallest absolute Gasteiger partial charge is 0.410 e. The van der Waals surface area contributed by atoms with E-state index in [0.29, 0.717) is 31.1 Å². The number of carbonyl (C=O) groups excluding carboxylic acids is 1. The van der Waals surface area contributed by atoms with E-state index in [0.717, 1.165) is 12.8 Å². The lowest BCUT2D eigenvalue weighted by Gasteiger charge is -2.34. The highest BCUT2D eigenvalue weighted by molar-refractivity contribution is 7.89. The molecule has 1 saturated heterocycles. The van der Waals surface area contributed by atoms with Gasteiger partial charge in [-0.3, -0.25) is 0 Å². The van der Waals surface area contributed by atoms with Gasteiger partial charge in [-0.15, -0.1) is 0 Å². The van der Waals surface area contributed by atoms with Crippen molar-refractivity contribution in [3.05, 3.63) is 11.5 Å². The summed E-state index contributed by atoms with van der Waals surface area (Å²) in [6, 6.07) is 0. The first-order valence-corrected chi connectivity index (χ1v) is 10.2. The van der Waals surface area contributed by atoms with Crippen molar-refractivity contribution in [2.45, 2.75) is 58.0 Å². The van der Waals surface area contributed by atoms with E-state index in [2.05, 4.69) is 5.16 Å². The lowest BCUT2D eigenvalue weighted by Crippen LogP contribution is -2.44. The number of hydrogen-bond acceptors (Lipinski definition) is 6. The minimum absolute atomic E-state index is 0.145. The zero-order valence-corrected chi connectivity index (χ0v) is 17.2. The topological polar surface area (TPSA) is 93.0 Å². The largest absolute Gasteiger partial charge is 0.444 e. The van der Waals surface area contributed by atoms with Gasteiger partial charge in [0.15, 0.2) is 5.76 Å². The highest BCUT2D eigenvalue weighted by atomic mass is 32.2. The molecule has 148 valence electrons. The van der Waals surface area contributed by atoms with Gasteiger partial charge in [-0.2, -0.15) is 0 Å². The fraction of sp³-hybridized carbons (Fsp3) is 0.765. The van der Waals surface area contributed by atoms with Crippen molar-refractivity contribution in [1.82, 2.24) is 14.4 Å². The number of ether oxygens (including phenoxy) is 1. The summed E-state index contributed by atoms with van der Waals surface area (Å²) >= 11 is 0. The van der Waals surface area contributed by atoms with Crippen LogP contribution in [0.3, 0.4) is 0 Å². The van der Waals surface area contributed by atoms with Crippen LogP contribution >= 0.6 is 0 Å². The molecule has 0 atom stereocenters. The molecular formula is C17H29N3O5S. The monoisotopic (exact) mass is 387 g/mol. The van der Waals surface area contributed by atoms with Crippen LogP contribution in [0.15, 0.2) is 9.42 Å². The molecule has 2 heterocycles. The first-order chi connectivity index (χ1) is 11.9. The molecule has 0 bridgehead atoms. The predicted molar refractivity (Wildman–Crippen MR) is 96.3 cm³/mol. The summed E-state index contributed by atoms with van der Waals surface area (Å²) in [7, 11) is -2.07. The van der Waals surface area contributed by atoms with Crippen molar-refractivity contribution in [3.8, 4) is 0 Å². The molecule has 8 nitrogen and oxygen atoms in total. The van der Waals surface area contributed by atoms with Crippen molar-refractivity contribution in [3.63, 3.8) is 0 Å². The number of aromatic nitrogens is 1. The van der Waals surface area contributed by atoms with Gasteiger partial charge in [-0.25, -0.2) is 17.5 Å². The van der Waals surface area contributed by atoms with Crippen molar-refractivity contribution in [2.24, 2.45) is 5.92 Å². The van der Waals surface area contributed by atoms with E-state index in [1.165, 1.54) is 4.31 Å². The molecular weight excluding hydrogens is 358 g/mol. The van der Waals surface area contributed by atoms with E-state index in [-0.39, 0.29) is 16.9 Å². The molecule has 0 unspecified atom stereocenters. The summed E-state index contributed by atoms with van der Waals surface area (Å²) in [5.74, 6) is 0.489. The molecule has 1 aromatic rings. The Morgan fingerprint density at radius 3 is 2.35 bits per heavy atom. The molecule has 0 aliphatic carbocycles. The maximum Gasteiger partial charge on any atom is 0.410 e. The Bertz CT molecular complexity index is 723. The molecule has 0 radical (unpaired) electrons. The van der Waals surface area contributed by atoms with Crippen LogP contribution < -0.4 is 0 Å². The minimum Gasteiger partial charge on any atom is -0.444 e. The standard InChI is InChI=1S/C17H29N3O5S/c1-12-15(13(2)25-18-12)26(22,23)19(6)11-14-7-9-20(10-8-14)16(21)24-17(3,4)5/h14H,7-11H2,1-6H3. The summed E-state index contributed by atoms with van der Waals surface area (Å²) in [4.78, 5) is 13.9. The number of carbonyl (C=O) groups is 1. The average molecular weight is 388 g/mol. The third-order valence-electron chi connectivity index (χ3n) is 4.42. The molecule has 1 fully saturated rings. The number of hydrogen-bond donors (Lipinski definition) is 0. The Balaban J connectivity index is 1.94. The second kappa shape index (κ2) is 7.56. The summed E-state index contributed by atoms with van der Waals surface area (Å²) < 4.78 is 37.3. The van der Waals surface area contributed by atoms with Crippen LogP contribution in [0, 0.1) is 19.8 Å². The van der Waals surface area contributed by atoms with Crippen molar-refractivity contribution in [2.75, 3.05) is 26.7 Å². The van der Waals surface area contributed by atoms with Gasteiger partial charge in [-0.05, 0) is 53.4 Å². The lowest BCUT2D eigenvalue weighted by molar-refractivity contribution is 0.0179. The molecule has 9 heteroatoms. The first kappa shape index (κ1) is 20.7. The highest BCUT2D eigenvalue weighted by Crippen LogP contribution is 2.26. The van der Waals surface area contributed by atoms with E-state index in [4.69, 9.17) is 9.26 Å². The SMILES string of the molecule is Cc1noc(C)c1S(=O)(=O)N(C)CC1CCN(C(=O)OC(C)(C)C)CC1. The summed E-state index contributed by atoms with van der Waals surface area (Å²) in [6.45, 7) is 10.3. The number of sulfonamides is 1. The molecule has 1 aliphatic rings. The minimum atomic E-state index is -3.64. The normalized spacial score (nSPS) is 17.0. The van der Waals surface area contributed by atoms with Gasteiger partial charge in [0.25, 0.3) is 0 Å². The lowest BCUT2D eigenvalue weighted by atomic mass is 9.97. The number of piperidine rings is 1. The van der Waals surface area contributed by atoms with Gasteiger partial charge in [0, 0.05) is 26.7 Å². The van der Waals surface area contributed by atoms with Crippen LogP contribution in [-0.2, 0) is 14.8 Å².